The average Bonchev–Trinajstić information content (AvgIpc) is 2.51. The van der Waals surface area contributed by atoms with Crippen LogP contribution in [0.3, 0.4) is 0 Å². The Morgan fingerprint density at radius 1 is 1.30 bits per heavy atom. The second-order valence-electron chi connectivity index (χ2n) is 5.07. The number of hydrogen-bond donors (Lipinski definition) is 2. The van der Waals surface area contributed by atoms with E-state index in [1.807, 2.05) is 6.92 Å². The van der Waals surface area contributed by atoms with Crippen molar-refractivity contribution in [2.45, 2.75) is 39.2 Å². The predicted octanol–water partition coefficient (Wildman–Crippen LogP) is 3.60. The number of nitrogens with one attached hydrogen (secondary N) is 1. The quantitative estimate of drug-likeness (QED) is 0.247. The van der Waals surface area contributed by atoms with E-state index < -0.39 is 15.9 Å². The number of benzene rings is 1. The van der Waals surface area contributed by atoms with Gasteiger partial charge in [-0.25, -0.2) is 0 Å². The lowest BCUT2D eigenvalue weighted by molar-refractivity contribution is -0.392. The molecule has 0 fully saturated rings. The number of hydrogen-bond acceptors (Lipinski definition) is 6. The van der Waals surface area contributed by atoms with E-state index in [1.165, 1.54) is 19.2 Å². The van der Waals surface area contributed by atoms with Crippen LogP contribution in [0.4, 0.5) is 17.1 Å². The largest absolute Gasteiger partial charge is 0.365 e. The number of aliphatic imine (C=N–C) groups is 1. The topological polar surface area (TPSA) is 111 Å². The molecule has 0 saturated carbocycles. The molecule has 126 valence electrons. The maximum atomic E-state index is 11.3. The van der Waals surface area contributed by atoms with E-state index >= 15 is 0 Å². The van der Waals surface area contributed by atoms with Gasteiger partial charge in [-0.1, -0.05) is 13.3 Å². The molecule has 0 aromatic heterocycles. The number of nitrogens with zero attached hydrogens (tertiary/aromatic N) is 3. The van der Waals surface area contributed by atoms with Gasteiger partial charge in [0.15, 0.2) is 5.69 Å². The number of nitro groups is 2. The van der Waals surface area contributed by atoms with Crippen molar-refractivity contribution < 1.29 is 9.85 Å². The summed E-state index contributed by atoms with van der Waals surface area (Å²) in [4.78, 5) is 25.3. The third kappa shape index (κ3) is 4.92. The summed E-state index contributed by atoms with van der Waals surface area (Å²) in [7, 11) is 1.52. The lowest BCUT2D eigenvalue weighted by Crippen LogP contribution is -2.23. The summed E-state index contributed by atoms with van der Waals surface area (Å²) >= 11 is 4.14. The summed E-state index contributed by atoms with van der Waals surface area (Å²) < 4.78 is 0. The summed E-state index contributed by atoms with van der Waals surface area (Å²) in [5.74, 6) is 0. The molecule has 23 heavy (non-hydrogen) atoms. The van der Waals surface area contributed by atoms with Crippen LogP contribution in [0.25, 0.3) is 0 Å². The highest BCUT2D eigenvalue weighted by molar-refractivity contribution is 7.97. The number of nitro benzene ring substituents is 2. The van der Waals surface area contributed by atoms with Gasteiger partial charge in [-0.15, -0.1) is 12.6 Å². The van der Waals surface area contributed by atoms with E-state index in [9.17, 15) is 20.2 Å². The van der Waals surface area contributed by atoms with Gasteiger partial charge in [0.05, 0.1) is 20.9 Å². The standard InChI is InChI=1S/C14H20N4O4S/c1-4-5-6-10-7-11(17(19)20)13(12(8-10)18(21)22)16-9(2)14(23)15-3/h7-9,16H,4-6H2,1-3H3,(H,15,23). The van der Waals surface area contributed by atoms with Crippen LogP contribution in [0, 0.1) is 20.2 Å². The molecule has 0 heterocycles. The molecule has 0 bridgehead atoms. The van der Waals surface area contributed by atoms with E-state index in [0.29, 0.717) is 17.0 Å². The van der Waals surface area contributed by atoms with Crippen LogP contribution < -0.4 is 5.32 Å². The Morgan fingerprint density at radius 3 is 2.22 bits per heavy atom. The zero-order chi connectivity index (χ0) is 17.6. The third-order valence-corrected chi connectivity index (χ3v) is 3.93. The molecular formula is C14H20N4O4S. The van der Waals surface area contributed by atoms with Crippen molar-refractivity contribution in [3.05, 3.63) is 37.9 Å². The molecule has 1 aromatic rings. The highest BCUT2D eigenvalue weighted by Crippen LogP contribution is 2.36. The van der Waals surface area contributed by atoms with Crippen molar-refractivity contribution in [2.75, 3.05) is 12.4 Å². The van der Waals surface area contributed by atoms with E-state index in [4.69, 9.17) is 0 Å². The van der Waals surface area contributed by atoms with Crippen molar-refractivity contribution in [1.82, 2.24) is 0 Å². The minimum Gasteiger partial charge on any atom is -0.365 e. The molecule has 1 atom stereocenters. The zero-order valence-electron chi connectivity index (χ0n) is 13.3. The summed E-state index contributed by atoms with van der Waals surface area (Å²) in [6.07, 6.45) is 2.26. The fourth-order valence-corrected chi connectivity index (χ4v) is 2.17. The van der Waals surface area contributed by atoms with Crippen LogP contribution in [0.5, 0.6) is 0 Å². The summed E-state index contributed by atoms with van der Waals surface area (Å²) in [5.41, 5.74) is -0.162. The Balaban J connectivity index is 3.40. The Morgan fingerprint density at radius 2 is 1.83 bits per heavy atom. The smallest absolute Gasteiger partial charge is 0.299 e. The fourth-order valence-electron chi connectivity index (χ4n) is 2.10. The first-order valence-corrected chi connectivity index (χ1v) is 7.64. The van der Waals surface area contributed by atoms with Crippen LogP contribution in [0.15, 0.2) is 17.1 Å². The van der Waals surface area contributed by atoms with Gasteiger partial charge in [0.25, 0.3) is 11.4 Å². The minimum absolute atomic E-state index is 0.122. The number of aryl methyl sites for hydroxylation is 1. The molecule has 1 rings (SSSR count). The zero-order valence-corrected chi connectivity index (χ0v) is 14.2. The van der Waals surface area contributed by atoms with Crippen molar-refractivity contribution in [3.8, 4) is 0 Å². The van der Waals surface area contributed by atoms with Crippen molar-refractivity contribution in [2.24, 2.45) is 4.99 Å². The molecule has 8 nitrogen and oxygen atoms in total. The minimum atomic E-state index is -0.612. The molecule has 0 saturated heterocycles. The second kappa shape index (κ2) is 8.47. The van der Waals surface area contributed by atoms with Gasteiger partial charge in [0, 0.05) is 19.2 Å². The maximum absolute atomic E-state index is 11.3. The molecule has 1 N–H and O–H groups in total. The first-order chi connectivity index (χ1) is 10.8. The highest BCUT2D eigenvalue weighted by atomic mass is 32.1. The molecule has 0 aliphatic rings. The van der Waals surface area contributed by atoms with Crippen LogP contribution in [0.1, 0.15) is 32.3 Å². The fraction of sp³-hybridized carbons (Fsp3) is 0.500. The first kappa shape index (κ1) is 18.9. The predicted molar refractivity (Wildman–Crippen MR) is 93.8 cm³/mol. The Kier molecular flexibility index (Phi) is 6.95. The number of thiol groups is 1. The molecular weight excluding hydrogens is 320 g/mol. The van der Waals surface area contributed by atoms with Gasteiger partial charge in [0.2, 0.25) is 0 Å². The molecule has 9 heteroatoms. The maximum Gasteiger partial charge on any atom is 0.299 e. The van der Waals surface area contributed by atoms with Gasteiger partial charge >= 0.3 is 0 Å². The monoisotopic (exact) mass is 340 g/mol. The van der Waals surface area contributed by atoms with Gasteiger partial charge < -0.3 is 5.32 Å². The lowest BCUT2D eigenvalue weighted by Gasteiger charge is -2.15. The number of rotatable bonds is 8. The van der Waals surface area contributed by atoms with Crippen LogP contribution in [0.2, 0.25) is 0 Å². The number of anilines is 1. The molecule has 0 amide bonds. The van der Waals surface area contributed by atoms with E-state index in [0.717, 1.165) is 12.8 Å². The molecule has 1 aromatic carbocycles. The normalized spacial score (nSPS) is 12.8. The van der Waals surface area contributed by atoms with Gasteiger partial charge in [-0.2, -0.15) is 0 Å². The summed E-state index contributed by atoms with van der Waals surface area (Å²) in [5, 5.41) is 25.9. The number of unbranched alkanes of at least 4 members (excludes halogenated alkanes) is 1. The van der Waals surface area contributed by atoms with Gasteiger partial charge in [-0.3, -0.25) is 25.2 Å². The Labute approximate surface area is 139 Å². The first-order valence-electron chi connectivity index (χ1n) is 7.19. The summed E-state index contributed by atoms with van der Waals surface area (Å²) in [6.45, 7) is 3.66. The summed E-state index contributed by atoms with van der Waals surface area (Å²) in [6, 6.07) is 2.29. The van der Waals surface area contributed by atoms with Gasteiger partial charge in [-0.05, 0) is 25.3 Å². The SMILES string of the molecule is CCCCc1cc([N+](=O)[O-])c(NC(C)/C(S)=N\C)c([N+](=O)[O-])c1. The van der Waals surface area contributed by atoms with Crippen molar-refractivity contribution in [3.63, 3.8) is 0 Å². The molecule has 0 aliphatic carbocycles. The van der Waals surface area contributed by atoms with Crippen molar-refractivity contribution in [1.29, 1.82) is 0 Å². The molecule has 0 spiro atoms. The second-order valence-corrected chi connectivity index (χ2v) is 5.53. The molecule has 1 unspecified atom stereocenters. The van der Waals surface area contributed by atoms with Crippen molar-refractivity contribution >= 4 is 34.7 Å². The Bertz CT molecular complexity index is 598. The van der Waals surface area contributed by atoms with Gasteiger partial charge in [0.1, 0.15) is 0 Å². The lowest BCUT2D eigenvalue weighted by atomic mass is 10.0. The molecule has 0 aliphatic heterocycles. The average molecular weight is 340 g/mol. The van der Waals surface area contributed by atoms with Crippen LogP contribution in [-0.4, -0.2) is 28.0 Å². The van der Waals surface area contributed by atoms with E-state index in [-0.39, 0.29) is 17.1 Å². The molecule has 0 radical (unpaired) electrons. The third-order valence-electron chi connectivity index (χ3n) is 3.35. The van der Waals surface area contributed by atoms with E-state index in [1.54, 1.807) is 6.92 Å². The van der Waals surface area contributed by atoms with E-state index in [2.05, 4.69) is 22.9 Å². The highest BCUT2D eigenvalue weighted by Gasteiger charge is 2.28. The Hall–Kier alpha value is -2.16. The van der Waals surface area contributed by atoms with Crippen LogP contribution in [-0.2, 0) is 6.42 Å². The van der Waals surface area contributed by atoms with Crippen LogP contribution >= 0.6 is 12.6 Å².